The van der Waals surface area contributed by atoms with Gasteiger partial charge in [-0.15, -0.1) is 0 Å². The molecule has 0 amide bonds. The fraction of sp³-hybridized carbons (Fsp3) is 0.429. The van der Waals surface area contributed by atoms with Crippen molar-refractivity contribution in [1.29, 1.82) is 0 Å². The van der Waals surface area contributed by atoms with Crippen molar-refractivity contribution in [2.45, 2.75) is 18.2 Å². The lowest BCUT2D eigenvalue weighted by molar-refractivity contribution is -0.554. The maximum Gasteiger partial charge on any atom is 0.392 e. The molecular formula is C7H5N3O7. The number of hydrogen-bond donors (Lipinski definition) is 0. The minimum Gasteiger partial charge on any atom is -0.279 e. The lowest BCUT2D eigenvalue weighted by Gasteiger charge is -2.08. The van der Waals surface area contributed by atoms with Crippen LogP contribution in [0.4, 0.5) is 0 Å². The molecule has 0 aromatic carbocycles. The van der Waals surface area contributed by atoms with Crippen LogP contribution < -0.4 is 0 Å². The van der Waals surface area contributed by atoms with Crippen LogP contribution in [0.5, 0.6) is 0 Å². The van der Waals surface area contributed by atoms with E-state index in [1.807, 2.05) is 0 Å². The van der Waals surface area contributed by atoms with Gasteiger partial charge in [0, 0.05) is 0 Å². The minimum absolute atomic E-state index is 0.675. The molecule has 2 rings (SSSR count). The molecule has 0 N–H and O–H groups in total. The second kappa shape index (κ2) is 2.85. The number of rotatable bonds is 3. The Morgan fingerprint density at radius 2 is 1.76 bits per heavy atom. The summed E-state index contributed by atoms with van der Waals surface area (Å²) in [6.45, 7) is 1.15. The van der Waals surface area contributed by atoms with Gasteiger partial charge in [-0.2, -0.15) is 0 Å². The van der Waals surface area contributed by atoms with Crippen molar-refractivity contribution in [3.8, 4) is 0 Å². The summed E-state index contributed by atoms with van der Waals surface area (Å²) in [7, 11) is 0. The van der Waals surface area contributed by atoms with E-state index in [-0.39, 0.29) is 0 Å². The molecule has 1 aliphatic heterocycles. The Morgan fingerprint density at radius 3 is 2.18 bits per heavy atom. The predicted octanol–water partition coefficient (Wildman–Crippen LogP) is 0.0831. The van der Waals surface area contributed by atoms with Crippen LogP contribution in [0.15, 0.2) is 23.5 Å². The Labute approximate surface area is 92.6 Å². The van der Waals surface area contributed by atoms with E-state index < -0.39 is 37.5 Å². The molecule has 1 fully saturated rings. The number of allylic oxidation sites excluding steroid dienone is 1. The standard InChI is InChI=1S/C7H5N3O7/c1-6-5(9(13)14)2-4(8(11)12)3-7(6,17-6)10(15)16/h2-3H,1H3. The fourth-order valence-corrected chi connectivity index (χ4v) is 1.81. The van der Waals surface area contributed by atoms with Gasteiger partial charge in [-0.3, -0.25) is 35.1 Å². The van der Waals surface area contributed by atoms with Crippen LogP contribution in [0.2, 0.25) is 0 Å². The van der Waals surface area contributed by atoms with E-state index >= 15 is 0 Å². The summed E-state index contributed by atoms with van der Waals surface area (Å²) in [6.07, 6.45) is 1.36. The summed E-state index contributed by atoms with van der Waals surface area (Å²) in [4.78, 5) is 29.3. The van der Waals surface area contributed by atoms with Crippen molar-refractivity contribution in [3.63, 3.8) is 0 Å². The van der Waals surface area contributed by atoms with Gasteiger partial charge in [-0.05, 0) is 6.92 Å². The number of ether oxygens (including phenoxy) is 1. The van der Waals surface area contributed by atoms with Crippen LogP contribution in [-0.2, 0) is 4.74 Å². The van der Waals surface area contributed by atoms with Gasteiger partial charge in [-0.25, -0.2) is 0 Å². The first-order valence-corrected chi connectivity index (χ1v) is 4.33. The van der Waals surface area contributed by atoms with Crippen LogP contribution in [0.25, 0.3) is 0 Å². The molecule has 1 heterocycles. The van der Waals surface area contributed by atoms with Gasteiger partial charge in [-0.1, -0.05) is 0 Å². The van der Waals surface area contributed by atoms with E-state index in [1.54, 1.807) is 0 Å². The summed E-state index contributed by atoms with van der Waals surface area (Å²) in [5.41, 5.74) is -5.36. The van der Waals surface area contributed by atoms with Gasteiger partial charge in [0.05, 0.1) is 20.8 Å². The normalized spacial score (nSPS) is 34.2. The second-order valence-corrected chi connectivity index (χ2v) is 3.70. The van der Waals surface area contributed by atoms with Gasteiger partial charge in [0.25, 0.3) is 17.0 Å². The number of fused-ring (bicyclic) bond motifs is 1. The first-order valence-electron chi connectivity index (χ1n) is 4.33. The van der Waals surface area contributed by atoms with Crippen LogP contribution >= 0.6 is 0 Å². The van der Waals surface area contributed by atoms with Crippen LogP contribution in [0, 0.1) is 30.3 Å². The van der Waals surface area contributed by atoms with Crippen molar-refractivity contribution in [1.82, 2.24) is 0 Å². The zero-order chi connectivity index (χ0) is 13.0. The van der Waals surface area contributed by atoms with Crippen molar-refractivity contribution in [3.05, 3.63) is 53.9 Å². The molecule has 2 aliphatic rings. The smallest absolute Gasteiger partial charge is 0.279 e. The number of hydrogen-bond acceptors (Lipinski definition) is 7. The molecule has 90 valence electrons. The van der Waals surface area contributed by atoms with Crippen LogP contribution in [-0.4, -0.2) is 26.1 Å². The molecule has 0 radical (unpaired) electrons. The Kier molecular flexibility index (Phi) is 1.87. The zero-order valence-electron chi connectivity index (χ0n) is 8.35. The van der Waals surface area contributed by atoms with E-state index in [4.69, 9.17) is 4.74 Å². The van der Waals surface area contributed by atoms with E-state index in [2.05, 4.69) is 0 Å². The molecule has 0 aromatic heterocycles. The monoisotopic (exact) mass is 243 g/mol. The molecule has 1 aliphatic carbocycles. The molecule has 0 spiro atoms. The lowest BCUT2D eigenvalue weighted by Crippen LogP contribution is -2.36. The summed E-state index contributed by atoms with van der Waals surface area (Å²) < 4.78 is 4.78. The first kappa shape index (κ1) is 11.1. The average molecular weight is 243 g/mol. The lowest BCUT2D eigenvalue weighted by atomic mass is 9.93. The molecule has 0 aromatic rings. The summed E-state index contributed by atoms with van der Waals surface area (Å²) in [5.74, 6) is 0. The maximum atomic E-state index is 10.8. The third-order valence-corrected chi connectivity index (χ3v) is 2.80. The molecular weight excluding hydrogens is 238 g/mol. The highest BCUT2D eigenvalue weighted by Gasteiger charge is 2.85. The highest BCUT2D eigenvalue weighted by Crippen LogP contribution is 2.56. The predicted molar refractivity (Wildman–Crippen MR) is 49.4 cm³/mol. The third-order valence-electron chi connectivity index (χ3n) is 2.80. The van der Waals surface area contributed by atoms with E-state index in [1.165, 1.54) is 0 Å². The van der Waals surface area contributed by atoms with E-state index in [0.29, 0.717) is 12.2 Å². The summed E-state index contributed by atoms with van der Waals surface area (Å²) in [6, 6.07) is 0. The average Bonchev–Trinajstić information content (AvgIpc) is 2.83. The molecule has 10 nitrogen and oxygen atoms in total. The first-order chi connectivity index (χ1) is 7.74. The van der Waals surface area contributed by atoms with Gasteiger partial charge in [0.1, 0.15) is 6.08 Å². The summed E-state index contributed by atoms with van der Waals surface area (Å²) >= 11 is 0. The van der Waals surface area contributed by atoms with Crippen molar-refractivity contribution in [2.75, 3.05) is 0 Å². The molecule has 0 saturated carbocycles. The molecule has 0 bridgehead atoms. The van der Waals surface area contributed by atoms with E-state index in [9.17, 15) is 30.3 Å². The Balaban J connectivity index is 2.59. The number of nitro groups is 3. The molecule has 2 atom stereocenters. The van der Waals surface area contributed by atoms with E-state index in [0.717, 1.165) is 6.92 Å². The third kappa shape index (κ3) is 1.18. The van der Waals surface area contributed by atoms with Gasteiger partial charge in [0.15, 0.2) is 0 Å². The Hall–Kier alpha value is -2.36. The van der Waals surface area contributed by atoms with Crippen molar-refractivity contribution < 1.29 is 19.5 Å². The molecule has 1 saturated heterocycles. The van der Waals surface area contributed by atoms with Crippen molar-refractivity contribution >= 4 is 0 Å². The topological polar surface area (TPSA) is 142 Å². The van der Waals surface area contributed by atoms with Gasteiger partial charge >= 0.3 is 5.72 Å². The Bertz CT molecular complexity index is 524. The molecule has 17 heavy (non-hydrogen) atoms. The summed E-state index contributed by atoms with van der Waals surface area (Å²) in [5, 5.41) is 32.1. The molecule has 2 unspecified atom stereocenters. The maximum absolute atomic E-state index is 10.8. The SMILES string of the molecule is CC12OC1([N+](=O)[O-])C=C([N+](=O)[O-])C=C2[N+](=O)[O-]. The highest BCUT2D eigenvalue weighted by atomic mass is 16.8. The van der Waals surface area contributed by atoms with Crippen LogP contribution in [0.1, 0.15) is 6.92 Å². The molecule has 10 heteroatoms. The van der Waals surface area contributed by atoms with Gasteiger partial charge in [0.2, 0.25) is 0 Å². The van der Waals surface area contributed by atoms with Crippen molar-refractivity contribution in [2.24, 2.45) is 0 Å². The number of epoxide rings is 1. The zero-order valence-corrected chi connectivity index (χ0v) is 8.35. The quantitative estimate of drug-likeness (QED) is 0.388. The minimum atomic E-state index is -2.20. The van der Waals surface area contributed by atoms with Crippen LogP contribution in [0.3, 0.4) is 0 Å². The van der Waals surface area contributed by atoms with Gasteiger partial charge < -0.3 is 0 Å². The largest absolute Gasteiger partial charge is 0.392 e. The second-order valence-electron chi connectivity index (χ2n) is 3.70. The fourth-order valence-electron chi connectivity index (χ4n) is 1.81. The Morgan fingerprint density at radius 1 is 1.18 bits per heavy atom. The highest BCUT2D eigenvalue weighted by molar-refractivity contribution is 5.40. The number of nitrogens with zero attached hydrogens (tertiary/aromatic N) is 3.